The van der Waals surface area contributed by atoms with Crippen LogP contribution in [0.25, 0.3) is 10.8 Å². The number of benzene rings is 4. The average Bonchev–Trinajstić information content (AvgIpc) is 2.74. The smallest absolute Gasteiger partial charge is 0.320 e. The molecule has 0 aliphatic carbocycles. The minimum atomic E-state index is -2.64. The summed E-state index contributed by atoms with van der Waals surface area (Å²) in [4.78, 5) is 0. The van der Waals surface area contributed by atoms with Gasteiger partial charge >= 0.3 is 8.32 Å². The Bertz CT molecular complexity index is 1080. The van der Waals surface area contributed by atoms with Crippen LogP contribution < -0.4 is 14.8 Å². The zero-order valence-electron chi connectivity index (χ0n) is 17.0. The lowest BCUT2D eigenvalue weighted by molar-refractivity contribution is 0.506. The molecule has 3 heteroatoms. The van der Waals surface area contributed by atoms with Crippen molar-refractivity contribution in [2.45, 2.75) is 25.8 Å². The molecule has 0 heterocycles. The molecule has 0 saturated carbocycles. The molecule has 29 heavy (non-hydrogen) atoms. The molecule has 0 aromatic heterocycles. The summed E-state index contributed by atoms with van der Waals surface area (Å²) >= 11 is 3.84. The molecule has 4 aromatic rings. The van der Waals surface area contributed by atoms with Crippen LogP contribution in [0, 0.1) is 0 Å². The molecule has 0 unspecified atom stereocenters. The Labute approximate surface area is 182 Å². The lowest BCUT2D eigenvalue weighted by Gasteiger charge is -2.43. The van der Waals surface area contributed by atoms with Gasteiger partial charge in [-0.2, -0.15) is 0 Å². The molecule has 0 amide bonds. The van der Waals surface area contributed by atoms with E-state index >= 15 is 0 Å². The third-order valence-electron chi connectivity index (χ3n) is 5.51. The molecule has 0 atom stereocenters. The van der Waals surface area contributed by atoms with Gasteiger partial charge in [-0.05, 0) is 48.2 Å². The third kappa shape index (κ3) is 3.54. The molecule has 0 fully saturated rings. The minimum absolute atomic E-state index is 0.0687. The highest BCUT2D eigenvalue weighted by Crippen LogP contribution is 2.41. The van der Waals surface area contributed by atoms with Gasteiger partial charge in [0, 0.05) is 0 Å². The Morgan fingerprint density at radius 3 is 1.72 bits per heavy atom. The van der Waals surface area contributed by atoms with Crippen LogP contribution in [-0.4, -0.2) is 8.32 Å². The quantitative estimate of drug-likeness (QED) is 0.314. The minimum Gasteiger partial charge on any atom is -0.533 e. The van der Waals surface area contributed by atoms with E-state index in [2.05, 4.69) is 134 Å². The van der Waals surface area contributed by atoms with Crippen LogP contribution in [0.15, 0.2) is 102 Å². The predicted octanol–water partition coefficient (Wildman–Crippen LogP) is 6.54. The van der Waals surface area contributed by atoms with Gasteiger partial charge in [-0.1, -0.05) is 112 Å². The van der Waals surface area contributed by atoms with Gasteiger partial charge in [-0.25, -0.2) is 0 Å². The number of hydrogen-bond acceptors (Lipinski definition) is 1. The molecular formula is C26H25BrOSi. The van der Waals surface area contributed by atoms with Gasteiger partial charge in [0.2, 0.25) is 0 Å². The summed E-state index contributed by atoms with van der Waals surface area (Å²) in [5.74, 6) is 0.901. The predicted molar refractivity (Wildman–Crippen MR) is 130 cm³/mol. The Morgan fingerprint density at radius 2 is 1.17 bits per heavy atom. The standard InChI is InChI=1S/C26H25BrOSi/c1-26(2,3)29(21-13-6-4-7-14-21,22-15-8-5-9-16-22)28-24-19-18-20-12-10-11-17-23(20)25(24)27/h4-19H,1-3H3. The van der Waals surface area contributed by atoms with E-state index in [9.17, 15) is 0 Å². The van der Waals surface area contributed by atoms with Crippen LogP contribution in [0.1, 0.15) is 20.8 Å². The number of rotatable bonds is 4. The maximum atomic E-state index is 7.17. The molecule has 0 bridgehead atoms. The lowest BCUT2D eigenvalue weighted by Crippen LogP contribution is -2.68. The van der Waals surface area contributed by atoms with Gasteiger partial charge in [-0.3, -0.25) is 0 Å². The maximum absolute atomic E-state index is 7.17. The molecule has 146 valence electrons. The molecule has 4 rings (SSSR count). The Morgan fingerprint density at radius 1 is 0.655 bits per heavy atom. The second-order valence-corrected chi connectivity index (χ2v) is 13.4. The molecule has 0 saturated heterocycles. The number of halogens is 1. The van der Waals surface area contributed by atoms with Crippen molar-refractivity contribution in [2.24, 2.45) is 0 Å². The van der Waals surface area contributed by atoms with Gasteiger partial charge < -0.3 is 4.43 Å². The average molecular weight is 461 g/mol. The van der Waals surface area contributed by atoms with Crippen molar-refractivity contribution in [1.82, 2.24) is 0 Å². The first-order valence-corrected chi connectivity index (χ1v) is 12.6. The van der Waals surface area contributed by atoms with Crippen molar-refractivity contribution < 1.29 is 4.43 Å². The van der Waals surface area contributed by atoms with E-state index in [-0.39, 0.29) is 5.04 Å². The van der Waals surface area contributed by atoms with Gasteiger partial charge in [0.15, 0.2) is 0 Å². The summed E-state index contributed by atoms with van der Waals surface area (Å²) in [7, 11) is -2.64. The normalized spacial score (nSPS) is 12.1. The Hall–Kier alpha value is -2.36. The van der Waals surface area contributed by atoms with Crippen LogP contribution >= 0.6 is 15.9 Å². The highest BCUT2D eigenvalue weighted by atomic mass is 79.9. The second-order valence-electron chi connectivity index (χ2n) is 8.36. The summed E-state index contributed by atoms with van der Waals surface area (Å²) in [6.07, 6.45) is 0. The molecule has 1 nitrogen and oxygen atoms in total. The van der Waals surface area contributed by atoms with Crippen LogP contribution in [0.5, 0.6) is 5.75 Å². The molecule has 0 spiro atoms. The Kier molecular flexibility index (Phi) is 5.37. The molecule has 0 N–H and O–H groups in total. The van der Waals surface area contributed by atoms with Crippen LogP contribution in [0.2, 0.25) is 5.04 Å². The fourth-order valence-electron chi connectivity index (χ4n) is 4.11. The van der Waals surface area contributed by atoms with E-state index in [4.69, 9.17) is 4.43 Å². The third-order valence-corrected chi connectivity index (χ3v) is 11.3. The monoisotopic (exact) mass is 460 g/mol. The first-order valence-electron chi connectivity index (χ1n) is 9.91. The van der Waals surface area contributed by atoms with Gasteiger partial charge in [-0.15, -0.1) is 0 Å². The zero-order valence-corrected chi connectivity index (χ0v) is 19.6. The molecule has 0 aliphatic rings. The van der Waals surface area contributed by atoms with Crippen LogP contribution in [-0.2, 0) is 0 Å². The molecular weight excluding hydrogens is 436 g/mol. The summed E-state index contributed by atoms with van der Waals surface area (Å²) in [5.41, 5.74) is 0. The largest absolute Gasteiger partial charge is 0.533 e. The molecule has 0 aliphatic heterocycles. The van der Waals surface area contributed by atoms with Gasteiger partial charge in [0.1, 0.15) is 5.75 Å². The van der Waals surface area contributed by atoms with Crippen molar-refractivity contribution in [3.8, 4) is 5.75 Å². The van der Waals surface area contributed by atoms with E-state index in [0.717, 1.165) is 10.2 Å². The van der Waals surface area contributed by atoms with E-state index in [1.807, 2.05) is 0 Å². The van der Waals surface area contributed by atoms with Gasteiger partial charge in [0.25, 0.3) is 0 Å². The van der Waals surface area contributed by atoms with Crippen molar-refractivity contribution in [3.63, 3.8) is 0 Å². The highest BCUT2D eigenvalue weighted by molar-refractivity contribution is 9.10. The number of hydrogen-bond donors (Lipinski definition) is 0. The topological polar surface area (TPSA) is 9.23 Å². The molecule has 4 aromatic carbocycles. The van der Waals surface area contributed by atoms with E-state index in [0.29, 0.717) is 0 Å². The van der Waals surface area contributed by atoms with Crippen molar-refractivity contribution in [1.29, 1.82) is 0 Å². The second kappa shape index (κ2) is 7.81. The van der Waals surface area contributed by atoms with Crippen molar-refractivity contribution >= 4 is 45.4 Å². The lowest BCUT2D eigenvalue weighted by atomic mass is 10.1. The number of fused-ring (bicyclic) bond motifs is 1. The summed E-state index contributed by atoms with van der Waals surface area (Å²) < 4.78 is 8.19. The van der Waals surface area contributed by atoms with Crippen LogP contribution in [0.4, 0.5) is 0 Å². The maximum Gasteiger partial charge on any atom is 0.320 e. The summed E-state index contributed by atoms with van der Waals surface area (Å²) in [5, 5.41) is 4.86. The fraction of sp³-hybridized carbons (Fsp3) is 0.154. The first kappa shape index (κ1) is 19.9. The molecule has 0 radical (unpaired) electrons. The summed E-state index contributed by atoms with van der Waals surface area (Å²) in [6, 6.07) is 34.1. The van der Waals surface area contributed by atoms with Crippen molar-refractivity contribution in [2.75, 3.05) is 0 Å². The fourth-order valence-corrected chi connectivity index (χ4v) is 9.26. The Balaban J connectivity index is 1.98. The van der Waals surface area contributed by atoms with Crippen molar-refractivity contribution in [3.05, 3.63) is 102 Å². The van der Waals surface area contributed by atoms with Gasteiger partial charge in [0.05, 0.1) is 4.47 Å². The summed E-state index contributed by atoms with van der Waals surface area (Å²) in [6.45, 7) is 6.90. The van der Waals surface area contributed by atoms with E-state index < -0.39 is 8.32 Å². The zero-order chi connectivity index (χ0) is 20.5. The van der Waals surface area contributed by atoms with Crippen LogP contribution in [0.3, 0.4) is 0 Å². The van der Waals surface area contributed by atoms with E-state index in [1.165, 1.54) is 21.1 Å². The SMILES string of the molecule is CC(C)(C)[Si](Oc1ccc2ccccc2c1Br)(c1ccccc1)c1ccccc1. The first-order chi connectivity index (χ1) is 13.9. The van der Waals surface area contributed by atoms with E-state index in [1.54, 1.807) is 0 Å². The highest BCUT2D eigenvalue weighted by Gasteiger charge is 2.52.